The summed E-state index contributed by atoms with van der Waals surface area (Å²) in [6.07, 6.45) is 0. The van der Waals surface area contributed by atoms with Crippen molar-refractivity contribution in [3.63, 3.8) is 0 Å². The summed E-state index contributed by atoms with van der Waals surface area (Å²) < 4.78 is 0. The third-order valence-corrected chi connectivity index (χ3v) is 4.10. The van der Waals surface area contributed by atoms with E-state index in [0.717, 1.165) is 13.1 Å². The van der Waals surface area contributed by atoms with Gasteiger partial charge in [0.2, 0.25) is 0 Å². The summed E-state index contributed by atoms with van der Waals surface area (Å²) in [6.45, 7) is 4.78. The maximum Gasteiger partial charge on any atom is 0.0649 e. The standard InChI is InChI=1S/C17H21N3/c1-13-11-15(8-7-14(13)12-18)20-10-9-19(2)16-5-3-4-6-17(16)20/h3-8,11H,9-10,12,18H2,1-2H3. The zero-order valence-corrected chi connectivity index (χ0v) is 12.1. The third-order valence-electron chi connectivity index (χ3n) is 4.10. The van der Waals surface area contributed by atoms with Crippen LogP contribution in [0.4, 0.5) is 17.1 Å². The van der Waals surface area contributed by atoms with Crippen molar-refractivity contribution < 1.29 is 0 Å². The minimum atomic E-state index is 0.603. The Labute approximate surface area is 120 Å². The Hall–Kier alpha value is -2.00. The van der Waals surface area contributed by atoms with Crippen LogP contribution < -0.4 is 15.5 Å². The molecule has 0 saturated heterocycles. The van der Waals surface area contributed by atoms with Gasteiger partial charge in [0, 0.05) is 32.4 Å². The van der Waals surface area contributed by atoms with Crippen LogP contribution >= 0.6 is 0 Å². The van der Waals surface area contributed by atoms with Gasteiger partial charge in [0.1, 0.15) is 0 Å². The van der Waals surface area contributed by atoms with Crippen molar-refractivity contribution in [3.8, 4) is 0 Å². The number of hydrogen-bond acceptors (Lipinski definition) is 3. The molecule has 3 rings (SSSR count). The summed E-state index contributed by atoms with van der Waals surface area (Å²) in [5, 5.41) is 0. The van der Waals surface area contributed by atoms with E-state index in [2.05, 4.69) is 66.2 Å². The molecule has 1 aliphatic heterocycles. The van der Waals surface area contributed by atoms with Crippen LogP contribution in [0.25, 0.3) is 0 Å². The van der Waals surface area contributed by atoms with Crippen molar-refractivity contribution in [3.05, 3.63) is 53.6 Å². The van der Waals surface area contributed by atoms with Crippen LogP contribution in [0.3, 0.4) is 0 Å². The van der Waals surface area contributed by atoms with E-state index >= 15 is 0 Å². The van der Waals surface area contributed by atoms with E-state index in [4.69, 9.17) is 5.73 Å². The molecule has 0 aliphatic carbocycles. The molecular weight excluding hydrogens is 246 g/mol. The molecule has 0 fully saturated rings. The SMILES string of the molecule is Cc1cc(N2CCN(C)c3ccccc32)ccc1CN. The Balaban J connectivity index is 2.03. The molecule has 1 aliphatic rings. The van der Waals surface area contributed by atoms with Gasteiger partial charge in [-0.1, -0.05) is 18.2 Å². The second-order valence-corrected chi connectivity index (χ2v) is 5.38. The van der Waals surface area contributed by atoms with Crippen LogP contribution in [0.5, 0.6) is 0 Å². The number of aryl methyl sites for hydroxylation is 1. The molecule has 0 spiro atoms. The first-order chi connectivity index (χ1) is 9.70. The van der Waals surface area contributed by atoms with Gasteiger partial charge in [0.05, 0.1) is 11.4 Å². The second kappa shape index (κ2) is 5.17. The lowest BCUT2D eigenvalue weighted by Gasteiger charge is -2.37. The Morgan fingerprint density at radius 2 is 1.80 bits per heavy atom. The summed E-state index contributed by atoms with van der Waals surface area (Å²) in [5.41, 5.74) is 12.1. The van der Waals surface area contributed by atoms with Crippen LogP contribution in [0.15, 0.2) is 42.5 Å². The maximum atomic E-state index is 5.75. The van der Waals surface area contributed by atoms with E-state index in [9.17, 15) is 0 Å². The van der Waals surface area contributed by atoms with Gasteiger partial charge in [0.15, 0.2) is 0 Å². The van der Waals surface area contributed by atoms with Crippen LogP contribution in [-0.2, 0) is 6.54 Å². The molecule has 0 bridgehead atoms. The number of fused-ring (bicyclic) bond motifs is 1. The van der Waals surface area contributed by atoms with Crippen molar-refractivity contribution >= 4 is 17.1 Å². The first-order valence-electron chi connectivity index (χ1n) is 7.08. The molecule has 104 valence electrons. The maximum absolute atomic E-state index is 5.75. The number of hydrogen-bond donors (Lipinski definition) is 1. The highest BCUT2D eigenvalue weighted by molar-refractivity contribution is 5.79. The molecule has 20 heavy (non-hydrogen) atoms. The number of anilines is 3. The molecular formula is C17H21N3. The summed E-state index contributed by atoms with van der Waals surface area (Å²) in [4.78, 5) is 4.70. The zero-order valence-electron chi connectivity index (χ0n) is 12.1. The fraction of sp³-hybridized carbons (Fsp3) is 0.294. The average Bonchev–Trinajstić information content (AvgIpc) is 2.48. The molecule has 3 heteroatoms. The number of nitrogens with two attached hydrogens (primary N) is 1. The van der Waals surface area contributed by atoms with Gasteiger partial charge in [-0.2, -0.15) is 0 Å². The zero-order chi connectivity index (χ0) is 14.1. The van der Waals surface area contributed by atoms with Gasteiger partial charge in [-0.3, -0.25) is 0 Å². The topological polar surface area (TPSA) is 32.5 Å². The van der Waals surface area contributed by atoms with Crippen molar-refractivity contribution in [1.82, 2.24) is 0 Å². The van der Waals surface area contributed by atoms with Crippen molar-refractivity contribution in [1.29, 1.82) is 0 Å². The summed E-state index contributed by atoms with van der Waals surface area (Å²) in [6, 6.07) is 15.1. The van der Waals surface area contributed by atoms with E-state index in [1.54, 1.807) is 0 Å². The van der Waals surface area contributed by atoms with Gasteiger partial charge in [-0.15, -0.1) is 0 Å². The van der Waals surface area contributed by atoms with Crippen LogP contribution in [0, 0.1) is 6.92 Å². The molecule has 0 aromatic heterocycles. The van der Waals surface area contributed by atoms with E-state index in [1.807, 2.05) is 0 Å². The first kappa shape index (κ1) is 13.0. The molecule has 0 unspecified atom stereocenters. The molecule has 2 N–H and O–H groups in total. The number of benzene rings is 2. The Bertz CT molecular complexity index is 621. The lowest BCUT2D eigenvalue weighted by molar-refractivity contribution is 0.821. The van der Waals surface area contributed by atoms with E-state index in [1.165, 1.54) is 28.2 Å². The molecule has 0 radical (unpaired) electrons. The lowest BCUT2D eigenvalue weighted by atomic mass is 10.1. The largest absolute Gasteiger partial charge is 0.371 e. The fourth-order valence-corrected chi connectivity index (χ4v) is 2.85. The monoisotopic (exact) mass is 267 g/mol. The third kappa shape index (κ3) is 2.14. The first-order valence-corrected chi connectivity index (χ1v) is 7.08. The number of para-hydroxylation sites is 2. The quantitative estimate of drug-likeness (QED) is 0.907. The Kier molecular flexibility index (Phi) is 3.36. The number of likely N-dealkylation sites (N-methyl/N-ethyl adjacent to an activating group) is 1. The molecule has 2 aromatic carbocycles. The fourth-order valence-electron chi connectivity index (χ4n) is 2.85. The minimum absolute atomic E-state index is 0.603. The molecule has 2 aromatic rings. The average molecular weight is 267 g/mol. The Morgan fingerprint density at radius 3 is 2.50 bits per heavy atom. The van der Waals surface area contributed by atoms with Gasteiger partial charge >= 0.3 is 0 Å². The number of nitrogens with zero attached hydrogens (tertiary/aromatic N) is 2. The molecule has 0 atom stereocenters. The van der Waals surface area contributed by atoms with E-state index in [-0.39, 0.29) is 0 Å². The smallest absolute Gasteiger partial charge is 0.0649 e. The molecule has 0 amide bonds. The molecule has 1 heterocycles. The van der Waals surface area contributed by atoms with Gasteiger partial charge in [0.25, 0.3) is 0 Å². The predicted molar refractivity (Wildman–Crippen MR) is 85.8 cm³/mol. The second-order valence-electron chi connectivity index (χ2n) is 5.38. The number of rotatable bonds is 2. The van der Waals surface area contributed by atoms with Crippen LogP contribution in [-0.4, -0.2) is 20.1 Å². The lowest BCUT2D eigenvalue weighted by Crippen LogP contribution is -2.36. The summed E-state index contributed by atoms with van der Waals surface area (Å²) in [7, 11) is 2.15. The molecule has 0 saturated carbocycles. The highest BCUT2D eigenvalue weighted by Crippen LogP contribution is 2.37. The van der Waals surface area contributed by atoms with Gasteiger partial charge in [-0.25, -0.2) is 0 Å². The van der Waals surface area contributed by atoms with Crippen LogP contribution in [0.1, 0.15) is 11.1 Å². The van der Waals surface area contributed by atoms with Gasteiger partial charge in [-0.05, 0) is 42.3 Å². The highest BCUT2D eigenvalue weighted by Gasteiger charge is 2.21. The van der Waals surface area contributed by atoms with E-state index in [0.29, 0.717) is 6.54 Å². The predicted octanol–water partition coefficient (Wildman–Crippen LogP) is 3.04. The molecule has 3 nitrogen and oxygen atoms in total. The normalized spacial score (nSPS) is 14.3. The minimum Gasteiger partial charge on any atom is -0.371 e. The van der Waals surface area contributed by atoms with Crippen molar-refractivity contribution in [2.45, 2.75) is 13.5 Å². The van der Waals surface area contributed by atoms with E-state index < -0.39 is 0 Å². The van der Waals surface area contributed by atoms with Crippen LogP contribution in [0.2, 0.25) is 0 Å². The highest BCUT2D eigenvalue weighted by atomic mass is 15.3. The van der Waals surface area contributed by atoms with Crippen molar-refractivity contribution in [2.75, 3.05) is 29.9 Å². The summed E-state index contributed by atoms with van der Waals surface area (Å²) >= 11 is 0. The van der Waals surface area contributed by atoms with Crippen molar-refractivity contribution in [2.24, 2.45) is 5.73 Å². The Morgan fingerprint density at radius 1 is 1.05 bits per heavy atom. The van der Waals surface area contributed by atoms with Gasteiger partial charge < -0.3 is 15.5 Å². The summed E-state index contributed by atoms with van der Waals surface area (Å²) in [5.74, 6) is 0.